The van der Waals surface area contributed by atoms with Gasteiger partial charge in [-0.25, -0.2) is 0 Å². The minimum Gasteiger partial charge on any atom is -0.493 e. The molecule has 1 saturated carbocycles. The molecule has 0 radical (unpaired) electrons. The van der Waals surface area contributed by atoms with Crippen molar-refractivity contribution in [3.8, 4) is 5.75 Å². The molecule has 0 aromatic heterocycles. The number of amides is 2. The number of carbonyl (C=O) groups excluding carboxylic acids is 4. The summed E-state index contributed by atoms with van der Waals surface area (Å²) in [5.41, 5.74) is 0.334. The maximum atomic E-state index is 12.9. The number of hydrogen-bond donors (Lipinski definition) is 1. The fourth-order valence-corrected chi connectivity index (χ4v) is 3.55. The SMILES string of the molecule is O=C(O)CCCCCOc1cccc2c1C(=O)N(C1CCC(=O)CC1=O)C2=O. The molecule has 1 aromatic carbocycles. The highest BCUT2D eigenvalue weighted by molar-refractivity contribution is 6.24. The van der Waals surface area contributed by atoms with E-state index in [9.17, 15) is 24.0 Å². The zero-order valence-electron chi connectivity index (χ0n) is 15.3. The van der Waals surface area contributed by atoms with E-state index in [1.165, 1.54) is 6.07 Å². The zero-order valence-corrected chi connectivity index (χ0v) is 15.3. The number of carbonyl (C=O) groups is 5. The van der Waals surface area contributed by atoms with Crippen LogP contribution in [0.25, 0.3) is 0 Å². The molecule has 0 bridgehead atoms. The van der Waals surface area contributed by atoms with Crippen molar-refractivity contribution in [3.63, 3.8) is 0 Å². The Morgan fingerprint density at radius 3 is 2.61 bits per heavy atom. The molecule has 148 valence electrons. The van der Waals surface area contributed by atoms with Crippen molar-refractivity contribution in [2.45, 2.75) is 51.0 Å². The van der Waals surface area contributed by atoms with E-state index < -0.39 is 29.6 Å². The topological polar surface area (TPSA) is 118 Å². The molecule has 1 aromatic rings. The molecular formula is C20H21NO7. The van der Waals surface area contributed by atoms with E-state index in [4.69, 9.17) is 9.84 Å². The Labute approximate surface area is 161 Å². The van der Waals surface area contributed by atoms with Gasteiger partial charge in [-0.3, -0.25) is 28.9 Å². The summed E-state index contributed by atoms with van der Waals surface area (Å²) in [6, 6.07) is 3.82. The predicted octanol–water partition coefficient (Wildman–Crippen LogP) is 2.00. The van der Waals surface area contributed by atoms with Crippen LogP contribution in [0.3, 0.4) is 0 Å². The molecule has 8 nitrogen and oxygen atoms in total. The Bertz CT molecular complexity index is 845. The Morgan fingerprint density at radius 1 is 1.11 bits per heavy atom. The number of unbranched alkanes of at least 4 members (excludes halogenated alkanes) is 2. The van der Waals surface area contributed by atoms with Gasteiger partial charge in [0.25, 0.3) is 11.8 Å². The third-order valence-corrected chi connectivity index (χ3v) is 4.95. The quantitative estimate of drug-likeness (QED) is 0.412. The fraction of sp³-hybridized carbons (Fsp3) is 0.450. The number of carboxylic acids is 1. The molecule has 1 unspecified atom stereocenters. The lowest BCUT2D eigenvalue weighted by Crippen LogP contribution is -2.47. The summed E-state index contributed by atoms with van der Waals surface area (Å²) in [7, 11) is 0. The number of imide groups is 1. The van der Waals surface area contributed by atoms with E-state index in [0.29, 0.717) is 19.3 Å². The van der Waals surface area contributed by atoms with Gasteiger partial charge in [0.2, 0.25) is 0 Å². The van der Waals surface area contributed by atoms with Crippen LogP contribution in [-0.4, -0.2) is 52.0 Å². The number of nitrogens with zero attached hydrogens (tertiary/aromatic N) is 1. The van der Waals surface area contributed by atoms with Gasteiger partial charge in [0.15, 0.2) is 5.78 Å². The average Bonchev–Trinajstić information content (AvgIpc) is 2.90. The molecule has 2 amide bonds. The van der Waals surface area contributed by atoms with Gasteiger partial charge >= 0.3 is 5.97 Å². The normalized spacial score (nSPS) is 19.1. The number of ether oxygens (including phenoxy) is 1. The van der Waals surface area contributed by atoms with Crippen LogP contribution in [0.15, 0.2) is 18.2 Å². The monoisotopic (exact) mass is 387 g/mol. The number of carboxylic acid groups (broad SMARTS) is 1. The van der Waals surface area contributed by atoms with E-state index in [-0.39, 0.29) is 54.9 Å². The van der Waals surface area contributed by atoms with Crippen LogP contribution in [0.1, 0.15) is 65.7 Å². The fourth-order valence-electron chi connectivity index (χ4n) is 3.55. The predicted molar refractivity (Wildman–Crippen MR) is 96.2 cm³/mol. The first-order chi connectivity index (χ1) is 13.4. The van der Waals surface area contributed by atoms with Gasteiger partial charge in [0.05, 0.1) is 30.2 Å². The van der Waals surface area contributed by atoms with Gasteiger partial charge < -0.3 is 9.84 Å². The summed E-state index contributed by atoms with van der Waals surface area (Å²) in [6.07, 6.45) is 2.00. The highest BCUT2D eigenvalue weighted by atomic mass is 16.5. The zero-order chi connectivity index (χ0) is 20.3. The Kier molecular flexibility index (Phi) is 5.87. The van der Waals surface area contributed by atoms with Crippen LogP contribution >= 0.6 is 0 Å². The second-order valence-corrected chi connectivity index (χ2v) is 6.95. The molecule has 8 heteroatoms. The van der Waals surface area contributed by atoms with Crippen molar-refractivity contribution in [1.82, 2.24) is 4.90 Å². The lowest BCUT2D eigenvalue weighted by atomic mass is 9.92. The Morgan fingerprint density at radius 2 is 1.89 bits per heavy atom. The molecule has 1 atom stereocenters. The van der Waals surface area contributed by atoms with Crippen LogP contribution < -0.4 is 4.74 Å². The lowest BCUT2D eigenvalue weighted by molar-refractivity contribution is -0.137. The van der Waals surface area contributed by atoms with Crippen molar-refractivity contribution in [2.75, 3.05) is 6.61 Å². The number of Topliss-reactive ketones (excluding diaryl/α,β-unsaturated/α-hetero) is 2. The molecular weight excluding hydrogens is 366 g/mol. The number of rotatable bonds is 8. The number of aliphatic carboxylic acids is 1. The standard InChI is InChI=1S/C20H21NO7/c22-12-8-9-14(15(23)11-12)21-19(26)13-5-4-6-16(18(13)20(21)27)28-10-3-1-2-7-17(24)25/h4-6,14H,1-3,7-11H2,(H,24,25). The molecule has 1 aliphatic heterocycles. The van der Waals surface area contributed by atoms with E-state index in [1.807, 2.05) is 0 Å². The van der Waals surface area contributed by atoms with Gasteiger partial charge in [-0.05, 0) is 37.8 Å². The van der Waals surface area contributed by atoms with Gasteiger partial charge in [0, 0.05) is 12.8 Å². The molecule has 28 heavy (non-hydrogen) atoms. The largest absolute Gasteiger partial charge is 0.493 e. The summed E-state index contributed by atoms with van der Waals surface area (Å²) in [6.45, 7) is 0.286. The maximum Gasteiger partial charge on any atom is 0.303 e. The molecule has 1 aliphatic carbocycles. The van der Waals surface area contributed by atoms with Crippen molar-refractivity contribution in [3.05, 3.63) is 29.3 Å². The van der Waals surface area contributed by atoms with Crippen LogP contribution in [-0.2, 0) is 14.4 Å². The molecule has 1 N–H and O–H groups in total. The van der Waals surface area contributed by atoms with E-state index in [2.05, 4.69) is 0 Å². The molecule has 2 aliphatic rings. The van der Waals surface area contributed by atoms with Crippen LogP contribution in [0, 0.1) is 0 Å². The second-order valence-electron chi connectivity index (χ2n) is 6.95. The number of benzene rings is 1. The minimum absolute atomic E-state index is 0.0978. The van der Waals surface area contributed by atoms with Crippen molar-refractivity contribution < 1.29 is 33.8 Å². The molecule has 0 spiro atoms. The summed E-state index contributed by atoms with van der Waals surface area (Å²) in [4.78, 5) is 60.7. The maximum absolute atomic E-state index is 12.9. The van der Waals surface area contributed by atoms with Gasteiger partial charge in [-0.15, -0.1) is 0 Å². The van der Waals surface area contributed by atoms with Gasteiger partial charge in [-0.2, -0.15) is 0 Å². The number of fused-ring (bicyclic) bond motifs is 1. The molecule has 1 heterocycles. The summed E-state index contributed by atoms with van der Waals surface area (Å²) in [5.74, 6) is -2.27. The summed E-state index contributed by atoms with van der Waals surface area (Å²) in [5, 5.41) is 8.63. The highest BCUT2D eigenvalue weighted by Crippen LogP contribution is 2.34. The third-order valence-electron chi connectivity index (χ3n) is 4.95. The Balaban J connectivity index is 1.69. The van der Waals surface area contributed by atoms with Crippen LogP contribution in [0.4, 0.5) is 0 Å². The number of ketones is 2. The van der Waals surface area contributed by atoms with Gasteiger partial charge in [0.1, 0.15) is 11.5 Å². The first kappa shape index (κ1) is 19.7. The average molecular weight is 387 g/mol. The summed E-state index contributed by atoms with van der Waals surface area (Å²) >= 11 is 0. The molecule has 0 saturated heterocycles. The summed E-state index contributed by atoms with van der Waals surface area (Å²) < 4.78 is 5.67. The van der Waals surface area contributed by atoms with Gasteiger partial charge in [-0.1, -0.05) is 6.07 Å². The smallest absolute Gasteiger partial charge is 0.303 e. The van der Waals surface area contributed by atoms with Crippen LogP contribution in [0.2, 0.25) is 0 Å². The van der Waals surface area contributed by atoms with Crippen molar-refractivity contribution in [2.24, 2.45) is 0 Å². The Hall–Kier alpha value is -3.03. The van der Waals surface area contributed by atoms with E-state index in [0.717, 1.165) is 4.90 Å². The number of hydrogen-bond acceptors (Lipinski definition) is 6. The first-order valence-electron chi connectivity index (χ1n) is 9.30. The third kappa shape index (κ3) is 3.95. The van der Waals surface area contributed by atoms with E-state index >= 15 is 0 Å². The molecule has 1 fully saturated rings. The van der Waals surface area contributed by atoms with Crippen molar-refractivity contribution >= 4 is 29.4 Å². The lowest BCUT2D eigenvalue weighted by Gasteiger charge is -2.27. The first-order valence-corrected chi connectivity index (χ1v) is 9.30. The molecule has 3 rings (SSSR count). The van der Waals surface area contributed by atoms with E-state index in [1.54, 1.807) is 12.1 Å². The second kappa shape index (κ2) is 8.33. The van der Waals surface area contributed by atoms with Crippen LogP contribution in [0.5, 0.6) is 5.75 Å². The highest BCUT2D eigenvalue weighted by Gasteiger charge is 2.45. The minimum atomic E-state index is -0.908. The van der Waals surface area contributed by atoms with Crippen molar-refractivity contribution in [1.29, 1.82) is 0 Å².